The van der Waals surface area contributed by atoms with E-state index in [1.807, 2.05) is 4.90 Å². The lowest BCUT2D eigenvalue weighted by Gasteiger charge is -2.41. The van der Waals surface area contributed by atoms with E-state index < -0.39 is 0 Å². The fourth-order valence-corrected chi connectivity index (χ4v) is 3.20. The van der Waals surface area contributed by atoms with Crippen molar-refractivity contribution in [3.63, 3.8) is 0 Å². The Labute approximate surface area is 110 Å². The number of rotatable bonds is 1. The molecule has 0 aromatic rings. The van der Waals surface area contributed by atoms with Crippen LogP contribution < -0.4 is 0 Å². The van der Waals surface area contributed by atoms with Gasteiger partial charge >= 0.3 is 0 Å². The maximum atomic E-state index is 12.2. The highest BCUT2D eigenvalue weighted by Crippen LogP contribution is 2.40. The number of carbonyl (C=O) groups is 1. The second kappa shape index (κ2) is 4.91. The molecular weight excluding hydrogens is 224 g/mol. The molecule has 3 nitrogen and oxygen atoms in total. The molecule has 18 heavy (non-hydrogen) atoms. The van der Waals surface area contributed by atoms with Gasteiger partial charge in [0, 0.05) is 19.0 Å². The number of carbonyl (C=O) groups excluding carboxylic acids is 1. The fraction of sp³-hybridized carbons (Fsp3) is 0.867. The number of hydrogen-bond donors (Lipinski definition) is 0. The third kappa shape index (κ3) is 2.68. The first kappa shape index (κ1) is 13.4. The molecule has 0 N–H and O–H groups in total. The normalized spacial score (nSPS) is 29.6. The maximum Gasteiger partial charge on any atom is 0.225 e. The highest BCUT2D eigenvalue weighted by atomic mass is 16.2. The summed E-state index contributed by atoms with van der Waals surface area (Å²) in [5.74, 6) is 1.36. The molecule has 0 aromatic carbocycles. The molecule has 0 aromatic heterocycles. The van der Waals surface area contributed by atoms with E-state index >= 15 is 0 Å². The summed E-state index contributed by atoms with van der Waals surface area (Å²) < 4.78 is 0. The summed E-state index contributed by atoms with van der Waals surface area (Å²) in [5, 5.41) is 8.73. The van der Waals surface area contributed by atoms with Crippen molar-refractivity contribution >= 4 is 5.91 Å². The van der Waals surface area contributed by atoms with Gasteiger partial charge in [0.25, 0.3) is 0 Å². The van der Waals surface area contributed by atoms with E-state index in [0.717, 1.165) is 18.8 Å². The van der Waals surface area contributed by atoms with Crippen LogP contribution in [0.4, 0.5) is 0 Å². The quantitative estimate of drug-likeness (QED) is 0.716. The predicted octanol–water partition coefficient (Wildman–Crippen LogP) is 2.82. The average Bonchev–Trinajstić information content (AvgIpc) is 2.26. The molecular formula is C15H24N2O. The van der Waals surface area contributed by atoms with Crippen LogP contribution in [0.2, 0.25) is 0 Å². The standard InChI is InChI=1S/C15H24N2O/c1-15(2,3)13-6-4-12(5-7-13)14(18)17-9-11(8-16)10-17/h11-13H,4-7,9-10H2,1-3H3. The first-order chi connectivity index (χ1) is 8.41. The third-order valence-corrected chi connectivity index (χ3v) is 4.68. The number of likely N-dealkylation sites (tertiary alicyclic amines) is 1. The van der Waals surface area contributed by atoms with Crippen LogP contribution in [0.5, 0.6) is 0 Å². The Hall–Kier alpha value is -1.04. The van der Waals surface area contributed by atoms with Gasteiger partial charge in [-0.3, -0.25) is 4.79 Å². The Morgan fingerprint density at radius 1 is 1.17 bits per heavy atom. The van der Waals surface area contributed by atoms with E-state index in [2.05, 4.69) is 26.8 Å². The van der Waals surface area contributed by atoms with Gasteiger partial charge in [-0.1, -0.05) is 20.8 Å². The molecule has 0 spiro atoms. The Bertz CT molecular complexity index is 350. The van der Waals surface area contributed by atoms with Crippen LogP contribution in [0.25, 0.3) is 0 Å². The van der Waals surface area contributed by atoms with Crippen molar-refractivity contribution in [3.8, 4) is 6.07 Å². The zero-order chi connectivity index (χ0) is 13.3. The minimum absolute atomic E-state index is 0.0832. The second-order valence-corrected chi connectivity index (χ2v) is 6.98. The van der Waals surface area contributed by atoms with E-state index in [4.69, 9.17) is 5.26 Å². The largest absolute Gasteiger partial charge is 0.340 e. The van der Waals surface area contributed by atoms with Crippen LogP contribution in [0.3, 0.4) is 0 Å². The van der Waals surface area contributed by atoms with Gasteiger partial charge < -0.3 is 4.90 Å². The highest BCUT2D eigenvalue weighted by Gasteiger charge is 2.37. The van der Waals surface area contributed by atoms with E-state index in [0.29, 0.717) is 24.4 Å². The van der Waals surface area contributed by atoms with Crippen LogP contribution in [0.1, 0.15) is 46.5 Å². The fourth-order valence-electron chi connectivity index (χ4n) is 3.20. The minimum Gasteiger partial charge on any atom is -0.340 e. The minimum atomic E-state index is 0.0832. The zero-order valence-electron chi connectivity index (χ0n) is 11.8. The molecule has 0 bridgehead atoms. The Balaban J connectivity index is 1.80. The molecule has 1 aliphatic heterocycles. The van der Waals surface area contributed by atoms with Crippen molar-refractivity contribution in [2.75, 3.05) is 13.1 Å². The first-order valence-electron chi connectivity index (χ1n) is 7.10. The van der Waals surface area contributed by atoms with Crippen molar-refractivity contribution in [2.45, 2.75) is 46.5 Å². The van der Waals surface area contributed by atoms with Crippen molar-refractivity contribution in [2.24, 2.45) is 23.2 Å². The van der Waals surface area contributed by atoms with Crippen LogP contribution in [0, 0.1) is 34.5 Å². The molecule has 1 heterocycles. The summed E-state index contributed by atoms with van der Waals surface area (Å²) in [6.07, 6.45) is 4.42. The maximum absolute atomic E-state index is 12.2. The molecule has 2 fully saturated rings. The Morgan fingerprint density at radius 3 is 2.17 bits per heavy atom. The van der Waals surface area contributed by atoms with Gasteiger partial charge in [0.05, 0.1) is 12.0 Å². The monoisotopic (exact) mass is 248 g/mol. The molecule has 2 aliphatic rings. The highest BCUT2D eigenvalue weighted by molar-refractivity contribution is 5.79. The van der Waals surface area contributed by atoms with Crippen LogP contribution in [-0.4, -0.2) is 23.9 Å². The number of hydrogen-bond acceptors (Lipinski definition) is 2. The molecule has 3 heteroatoms. The zero-order valence-corrected chi connectivity index (χ0v) is 11.8. The van der Waals surface area contributed by atoms with Gasteiger partial charge in [-0.2, -0.15) is 5.26 Å². The molecule has 1 saturated carbocycles. The summed E-state index contributed by atoms with van der Waals surface area (Å²) in [6, 6.07) is 2.22. The van der Waals surface area contributed by atoms with E-state index in [1.165, 1.54) is 12.8 Å². The molecule has 0 unspecified atom stereocenters. The van der Waals surface area contributed by atoms with Crippen LogP contribution >= 0.6 is 0 Å². The van der Waals surface area contributed by atoms with Gasteiger partial charge in [0.15, 0.2) is 0 Å². The lowest BCUT2D eigenvalue weighted by atomic mass is 9.69. The van der Waals surface area contributed by atoms with Crippen LogP contribution in [-0.2, 0) is 4.79 Å². The summed E-state index contributed by atoms with van der Waals surface area (Å²) in [5.41, 5.74) is 0.372. The van der Waals surface area contributed by atoms with E-state index in [-0.39, 0.29) is 11.8 Å². The van der Waals surface area contributed by atoms with Gasteiger partial charge in [0.2, 0.25) is 5.91 Å². The van der Waals surface area contributed by atoms with Crippen molar-refractivity contribution in [1.29, 1.82) is 5.26 Å². The Kier molecular flexibility index (Phi) is 3.66. The summed E-state index contributed by atoms with van der Waals surface area (Å²) in [7, 11) is 0. The predicted molar refractivity (Wildman–Crippen MR) is 70.6 cm³/mol. The second-order valence-electron chi connectivity index (χ2n) is 6.98. The summed E-state index contributed by atoms with van der Waals surface area (Å²) in [4.78, 5) is 14.1. The molecule has 100 valence electrons. The van der Waals surface area contributed by atoms with Crippen molar-refractivity contribution in [3.05, 3.63) is 0 Å². The molecule has 0 atom stereocenters. The molecule has 0 radical (unpaired) electrons. The summed E-state index contributed by atoms with van der Waals surface area (Å²) >= 11 is 0. The van der Waals surface area contributed by atoms with Gasteiger partial charge in [-0.05, 0) is 37.0 Å². The van der Waals surface area contributed by atoms with E-state index in [9.17, 15) is 4.79 Å². The smallest absolute Gasteiger partial charge is 0.225 e. The average molecular weight is 248 g/mol. The third-order valence-electron chi connectivity index (χ3n) is 4.68. The van der Waals surface area contributed by atoms with E-state index in [1.54, 1.807) is 0 Å². The van der Waals surface area contributed by atoms with Gasteiger partial charge in [-0.15, -0.1) is 0 Å². The number of amides is 1. The van der Waals surface area contributed by atoms with Crippen LogP contribution in [0.15, 0.2) is 0 Å². The SMILES string of the molecule is CC(C)(C)C1CCC(C(=O)N2CC(C#N)C2)CC1. The summed E-state index contributed by atoms with van der Waals surface area (Å²) in [6.45, 7) is 8.22. The number of nitrogens with zero attached hydrogens (tertiary/aromatic N) is 2. The van der Waals surface area contributed by atoms with Crippen molar-refractivity contribution < 1.29 is 4.79 Å². The topological polar surface area (TPSA) is 44.1 Å². The Morgan fingerprint density at radius 2 is 1.72 bits per heavy atom. The van der Waals surface area contributed by atoms with Gasteiger partial charge in [-0.25, -0.2) is 0 Å². The molecule has 2 rings (SSSR count). The molecule has 1 saturated heterocycles. The first-order valence-corrected chi connectivity index (χ1v) is 7.10. The van der Waals surface area contributed by atoms with Crippen molar-refractivity contribution in [1.82, 2.24) is 4.90 Å². The lowest BCUT2D eigenvalue weighted by molar-refractivity contribution is -0.142. The van der Waals surface area contributed by atoms with Gasteiger partial charge in [0.1, 0.15) is 0 Å². The molecule has 1 aliphatic carbocycles. The lowest BCUT2D eigenvalue weighted by Crippen LogP contribution is -2.52. The number of nitriles is 1. The molecule has 1 amide bonds.